The quantitative estimate of drug-likeness (QED) is 0.847. The first kappa shape index (κ1) is 13.0. The van der Waals surface area contributed by atoms with Crippen molar-refractivity contribution in [3.63, 3.8) is 0 Å². The average molecular weight is 272 g/mol. The number of hydrogen-bond donors (Lipinski definition) is 1. The second-order valence-electron chi connectivity index (χ2n) is 3.91. The minimum absolute atomic E-state index is 0.0898. The molecular weight excluding hydrogens is 258 g/mol. The lowest BCUT2D eigenvalue weighted by atomic mass is 10.0. The maximum atomic E-state index is 11.2. The molecule has 1 atom stereocenters. The van der Waals surface area contributed by atoms with Gasteiger partial charge in [-0.3, -0.25) is 4.79 Å². The highest BCUT2D eigenvalue weighted by Gasteiger charge is 2.20. The van der Waals surface area contributed by atoms with Gasteiger partial charge in [-0.2, -0.15) is 0 Å². The van der Waals surface area contributed by atoms with Crippen LogP contribution in [0.5, 0.6) is 11.5 Å². The molecule has 98 valence electrons. The molecule has 1 aromatic rings. The zero-order valence-corrected chi connectivity index (χ0v) is 10.7. The third kappa shape index (κ3) is 2.68. The number of carbonyl (C=O) groups excluding carboxylic acids is 1. The molecule has 5 nitrogen and oxygen atoms in total. The minimum atomic E-state index is -0.481. The van der Waals surface area contributed by atoms with E-state index in [2.05, 4.69) is 4.74 Å². The van der Waals surface area contributed by atoms with Crippen LogP contribution >= 0.6 is 11.6 Å². The molecule has 0 saturated heterocycles. The topological polar surface area (TPSA) is 70.8 Å². The van der Waals surface area contributed by atoms with E-state index in [1.165, 1.54) is 7.11 Å². The molecule has 1 aliphatic heterocycles. The van der Waals surface area contributed by atoms with Gasteiger partial charge in [-0.1, -0.05) is 11.6 Å². The van der Waals surface area contributed by atoms with E-state index < -0.39 is 6.04 Å². The van der Waals surface area contributed by atoms with E-state index in [0.717, 1.165) is 5.56 Å². The Bertz CT molecular complexity index is 464. The lowest BCUT2D eigenvalue weighted by Gasteiger charge is -2.21. The van der Waals surface area contributed by atoms with Crippen LogP contribution in [0.3, 0.4) is 0 Å². The van der Waals surface area contributed by atoms with Crippen LogP contribution in [0.1, 0.15) is 18.0 Å². The van der Waals surface area contributed by atoms with Crippen molar-refractivity contribution in [1.82, 2.24) is 0 Å². The van der Waals surface area contributed by atoms with Crippen LogP contribution in [0, 0.1) is 0 Å². The standard InChI is InChI=1S/C12H14ClNO4/c1-16-11(15)6-9(14)7-4-8(13)12-10(5-7)17-2-3-18-12/h4-5,9H,2-3,6,14H2,1H3/t9-/m1/s1. The molecule has 1 aliphatic rings. The van der Waals surface area contributed by atoms with Crippen LogP contribution in [0.15, 0.2) is 12.1 Å². The third-order valence-corrected chi connectivity index (χ3v) is 2.94. The van der Waals surface area contributed by atoms with Crippen molar-refractivity contribution < 1.29 is 19.0 Å². The van der Waals surface area contributed by atoms with E-state index in [0.29, 0.717) is 29.7 Å². The Balaban J connectivity index is 2.23. The number of ether oxygens (including phenoxy) is 3. The molecule has 1 aromatic carbocycles. The summed E-state index contributed by atoms with van der Waals surface area (Å²) in [6.45, 7) is 0.944. The highest BCUT2D eigenvalue weighted by molar-refractivity contribution is 6.32. The molecule has 1 heterocycles. The van der Waals surface area contributed by atoms with E-state index in [1.807, 2.05) is 0 Å². The normalized spacial score (nSPS) is 15.1. The van der Waals surface area contributed by atoms with Crippen molar-refractivity contribution in [1.29, 1.82) is 0 Å². The second kappa shape index (κ2) is 5.46. The maximum absolute atomic E-state index is 11.2. The molecule has 2 rings (SSSR count). The molecule has 0 aromatic heterocycles. The predicted octanol–water partition coefficient (Wildman–Crippen LogP) is 1.67. The molecule has 0 saturated carbocycles. The molecule has 0 bridgehead atoms. The summed E-state index contributed by atoms with van der Waals surface area (Å²) in [5.74, 6) is 0.717. The lowest BCUT2D eigenvalue weighted by Crippen LogP contribution is -2.19. The first-order valence-electron chi connectivity index (χ1n) is 5.53. The Kier molecular flexibility index (Phi) is 3.93. The largest absolute Gasteiger partial charge is 0.486 e. The van der Waals surface area contributed by atoms with Gasteiger partial charge in [0.15, 0.2) is 11.5 Å². The molecule has 0 fully saturated rings. The highest BCUT2D eigenvalue weighted by Crippen LogP contribution is 2.39. The highest BCUT2D eigenvalue weighted by atomic mass is 35.5. The van der Waals surface area contributed by atoms with Crippen molar-refractivity contribution in [2.45, 2.75) is 12.5 Å². The number of carbonyl (C=O) groups is 1. The molecule has 0 amide bonds. The number of esters is 1. The summed E-state index contributed by atoms with van der Waals surface area (Å²) in [4.78, 5) is 11.2. The van der Waals surface area contributed by atoms with Gasteiger partial charge in [0.25, 0.3) is 0 Å². The van der Waals surface area contributed by atoms with E-state index in [9.17, 15) is 4.79 Å². The van der Waals surface area contributed by atoms with Crippen molar-refractivity contribution >= 4 is 17.6 Å². The van der Waals surface area contributed by atoms with Crippen LogP contribution in [0.25, 0.3) is 0 Å². The summed E-state index contributed by atoms with van der Waals surface area (Å²) in [5.41, 5.74) is 6.63. The van der Waals surface area contributed by atoms with Gasteiger partial charge in [0, 0.05) is 6.04 Å². The van der Waals surface area contributed by atoms with Gasteiger partial charge in [0.1, 0.15) is 13.2 Å². The molecule has 2 N–H and O–H groups in total. The summed E-state index contributed by atoms with van der Waals surface area (Å²) in [6.07, 6.45) is 0.0898. The fraction of sp³-hybridized carbons (Fsp3) is 0.417. The zero-order chi connectivity index (χ0) is 13.1. The Morgan fingerprint density at radius 2 is 2.22 bits per heavy atom. The predicted molar refractivity (Wildman–Crippen MR) is 66.0 cm³/mol. The number of rotatable bonds is 3. The molecule has 0 radical (unpaired) electrons. The number of halogens is 1. The van der Waals surface area contributed by atoms with E-state index in [4.69, 9.17) is 26.8 Å². The van der Waals surface area contributed by atoms with Gasteiger partial charge in [-0.05, 0) is 17.7 Å². The minimum Gasteiger partial charge on any atom is -0.486 e. The van der Waals surface area contributed by atoms with Crippen molar-refractivity contribution in [2.24, 2.45) is 5.73 Å². The van der Waals surface area contributed by atoms with Crippen molar-refractivity contribution in [2.75, 3.05) is 20.3 Å². The van der Waals surface area contributed by atoms with Crippen LogP contribution in [0.4, 0.5) is 0 Å². The molecule has 0 spiro atoms. The van der Waals surface area contributed by atoms with E-state index in [-0.39, 0.29) is 12.4 Å². The Labute approximate surface area is 110 Å². The van der Waals surface area contributed by atoms with Crippen LogP contribution in [-0.2, 0) is 9.53 Å². The van der Waals surface area contributed by atoms with Gasteiger partial charge >= 0.3 is 5.97 Å². The summed E-state index contributed by atoms with van der Waals surface area (Å²) < 4.78 is 15.4. The smallest absolute Gasteiger partial charge is 0.307 e. The van der Waals surface area contributed by atoms with Crippen LogP contribution in [-0.4, -0.2) is 26.3 Å². The van der Waals surface area contributed by atoms with Crippen LogP contribution < -0.4 is 15.2 Å². The Hall–Kier alpha value is -1.46. The van der Waals surface area contributed by atoms with Gasteiger partial charge in [-0.25, -0.2) is 0 Å². The lowest BCUT2D eigenvalue weighted by molar-refractivity contribution is -0.141. The van der Waals surface area contributed by atoms with Crippen molar-refractivity contribution in [3.05, 3.63) is 22.7 Å². The number of fused-ring (bicyclic) bond motifs is 1. The Morgan fingerprint density at radius 1 is 1.50 bits per heavy atom. The second-order valence-corrected chi connectivity index (χ2v) is 4.32. The van der Waals surface area contributed by atoms with Crippen LogP contribution in [0.2, 0.25) is 5.02 Å². The first-order chi connectivity index (χ1) is 8.61. The number of benzene rings is 1. The SMILES string of the molecule is COC(=O)C[C@@H](N)c1cc(Cl)c2c(c1)OCCO2. The van der Waals surface area contributed by atoms with Gasteiger partial charge in [0.2, 0.25) is 0 Å². The average Bonchev–Trinajstić information content (AvgIpc) is 2.38. The fourth-order valence-corrected chi connectivity index (χ4v) is 2.00. The van der Waals surface area contributed by atoms with E-state index in [1.54, 1.807) is 12.1 Å². The summed E-state index contributed by atoms with van der Waals surface area (Å²) in [5, 5.41) is 0.433. The first-order valence-corrected chi connectivity index (χ1v) is 5.91. The molecule has 0 unspecified atom stereocenters. The molecule has 6 heteroatoms. The number of hydrogen-bond acceptors (Lipinski definition) is 5. The fourth-order valence-electron chi connectivity index (χ4n) is 1.73. The molecule has 18 heavy (non-hydrogen) atoms. The van der Waals surface area contributed by atoms with Gasteiger partial charge in [-0.15, -0.1) is 0 Å². The third-order valence-electron chi connectivity index (χ3n) is 2.66. The molecule has 0 aliphatic carbocycles. The molecular formula is C12H14ClNO4. The monoisotopic (exact) mass is 271 g/mol. The summed E-state index contributed by atoms with van der Waals surface area (Å²) in [6, 6.07) is 2.95. The van der Waals surface area contributed by atoms with Crippen molar-refractivity contribution in [3.8, 4) is 11.5 Å². The van der Waals surface area contributed by atoms with Gasteiger partial charge < -0.3 is 19.9 Å². The maximum Gasteiger partial charge on any atom is 0.307 e. The number of methoxy groups -OCH3 is 1. The summed E-state index contributed by atoms with van der Waals surface area (Å²) >= 11 is 6.09. The van der Waals surface area contributed by atoms with Gasteiger partial charge in [0.05, 0.1) is 18.6 Å². The summed E-state index contributed by atoms with van der Waals surface area (Å²) in [7, 11) is 1.33. The zero-order valence-electron chi connectivity index (χ0n) is 9.94. The Morgan fingerprint density at radius 3 is 2.94 bits per heavy atom. The number of nitrogens with two attached hydrogens (primary N) is 1. The van der Waals surface area contributed by atoms with E-state index >= 15 is 0 Å².